The maximum absolute atomic E-state index is 5.76. The Morgan fingerprint density at radius 3 is 2.41 bits per heavy atom. The number of anilines is 1. The number of ether oxygens (including phenoxy) is 1. The van der Waals surface area contributed by atoms with Gasteiger partial charge < -0.3 is 10.5 Å². The van der Waals surface area contributed by atoms with E-state index in [1.807, 2.05) is 13.8 Å². The first-order valence-electron chi connectivity index (χ1n) is 6.10. The lowest BCUT2D eigenvalue weighted by Gasteiger charge is -2.22. The van der Waals surface area contributed by atoms with E-state index in [0.717, 1.165) is 18.7 Å². The molecule has 2 N–H and O–H groups in total. The Bertz CT molecular complexity index is 399. The van der Waals surface area contributed by atoms with Crippen molar-refractivity contribution < 1.29 is 4.74 Å². The number of nitrogen functional groups attached to an aromatic ring is 1. The second-order valence-electron chi connectivity index (χ2n) is 5.07. The average Bonchev–Trinajstić information content (AvgIpc) is 2.81. The summed E-state index contributed by atoms with van der Waals surface area (Å²) in [5, 5.41) is 0. The Morgan fingerprint density at radius 1 is 1.18 bits per heavy atom. The van der Waals surface area contributed by atoms with Gasteiger partial charge >= 0.3 is 0 Å². The second-order valence-corrected chi connectivity index (χ2v) is 5.07. The van der Waals surface area contributed by atoms with Crippen molar-refractivity contribution in [3.05, 3.63) is 11.6 Å². The molecular formula is C12H20N4O. The predicted octanol–water partition coefficient (Wildman–Crippen LogP) is 1.99. The molecule has 94 valence electrons. The molecule has 5 heteroatoms. The Balaban J connectivity index is 2.35. The van der Waals surface area contributed by atoms with E-state index in [0.29, 0.717) is 17.7 Å². The molecule has 1 aliphatic carbocycles. The van der Waals surface area contributed by atoms with Crippen molar-refractivity contribution in [2.45, 2.75) is 51.0 Å². The molecule has 17 heavy (non-hydrogen) atoms. The van der Waals surface area contributed by atoms with Gasteiger partial charge in [-0.2, -0.15) is 9.97 Å². The summed E-state index contributed by atoms with van der Waals surface area (Å²) >= 11 is 0. The van der Waals surface area contributed by atoms with Crippen LogP contribution < -0.4 is 5.73 Å². The molecule has 0 amide bonds. The molecular weight excluding hydrogens is 216 g/mol. The maximum atomic E-state index is 5.76. The van der Waals surface area contributed by atoms with Crippen LogP contribution in [0.4, 0.5) is 5.95 Å². The predicted molar refractivity (Wildman–Crippen MR) is 65.5 cm³/mol. The lowest BCUT2D eigenvalue weighted by Crippen LogP contribution is -2.25. The van der Waals surface area contributed by atoms with Gasteiger partial charge in [0.05, 0.1) is 0 Å². The molecule has 0 saturated heterocycles. The van der Waals surface area contributed by atoms with E-state index in [4.69, 9.17) is 10.5 Å². The first-order valence-corrected chi connectivity index (χ1v) is 6.10. The van der Waals surface area contributed by atoms with E-state index >= 15 is 0 Å². The van der Waals surface area contributed by atoms with Crippen molar-refractivity contribution in [2.24, 2.45) is 0 Å². The van der Waals surface area contributed by atoms with Crippen LogP contribution in [0, 0.1) is 0 Å². The van der Waals surface area contributed by atoms with Crippen LogP contribution in [-0.2, 0) is 10.3 Å². The van der Waals surface area contributed by atoms with Crippen molar-refractivity contribution in [2.75, 3.05) is 12.8 Å². The van der Waals surface area contributed by atoms with Gasteiger partial charge in [0.1, 0.15) is 11.4 Å². The van der Waals surface area contributed by atoms with Gasteiger partial charge in [0.15, 0.2) is 5.82 Å². The summed E-state index contributed by atoms with van der Waals surface area (Å²) in [5.74, 6) is 2.18. The molecule has 1 saturated carbocycles. The number of aromatic nitrogens is 3. The van der Waals surface area contributed by atoms with E-state index in [1.54, 1.807) is 7.11 Å². The Hall–Kier alpha value is -1.23. The van der Waals surface area contributed by atoms with E-state index in [9.17, 15) is 0 Å². The summed E-state index contributed by atoms with van der Waals surface area (Å²) in [6.07, 6.45) is 4.80. The number of rotatable bonds is 3. The number of methoxy groups -OCH3 is 1. The smallest absolute Gasteiger partial charge is 0.223 e. The molecule has 1 aromatic rings. The normalized spacial score (nSPS) is 17.6. The van der Waals surface area contributed by atoms with E-state index < -0.39 is 5.60 Å². The van der Waals surface area contributed by atoms with Crippen LogP contribution >= 0.6 is 0 Å². The number of nitrogens with zero attached hydrogens (tertiary/aromatic N) is 3. The molecule has 5 nitrogen and oxygen atoms in total. The van der Waals surface area contributed by atoms with Crippen LogP contribution in [0.3, 0.4) is 0 Å². The van der Waals surface area contributed by atoms with E-state index in [-0.39, 0.29) is 0 Å². The van der Waals surface area contributed by atoms with Crippen molar-refractivity contribution in [3.8, 4) is 0 Å². The molecule has 0 unspecified atom stereocenters. The highest BCUT2D eigenvalue weighted by Crippen LogP contribution is 2.33. The second kappa shape index (κ2) is 4.56. The molecule has 0 radical (unpaired) electrons. The van der Waals surface area contributed by atoms with Crippen molar-refractivity contribution in [1.29, 1.82) is 0 Å². The lowest BCUT2D eigenvalue weighted by molar-refractivity contribution is 0.0111. The molecule has 0 aromatic carbocycles. The summed E-state index contributed by atoms with van der Waals surface area (Å²) in [7, 11) is 1.65. The zero-order chi connectivity index (χ0) is 12.5. The van der Waals surface area contributed by atoms with Crippen molar-refractivity contribution >= 4 is 5.95 Å². The third-order valence-electron chi connectivity index (χ3n) is 3.44. The van der Waals surface area contributed by atoms with Gasteiger partial charge in [-0.15, -0.1) is 0 Å². The highest BCUT2D eigenvalue weighted by atomic mass is 16.5. The van der Waals surface area contributed by atoms with Crippen LogP contribution in [0.5, 0.6) is 0 Å². The summed E-state index contributed by atoms with van der Waals surface area (Å²) < 4.78 is 5.39. The third-order valence-corrected chi connectivity index (χ3v) is 3.44. The molecule has 2 rings (SSSR count). The van der Waals surface area contributed by atoms with Gasteiger partial charge in [-0.25, -0.2) is 4.98 Å². The van der Waals surface area contributed by atoms with Crippen LogP contribution in [-0.4, -0.2) is 22.1 Å². The van der Waals surface area contributed by atoms with Crippen molar-refractivity contribution in [3.63, 3.8) is 0 Å². The fraction of sp³-hybridized carbons (Fsp3) is 0.750. The minimum Gasteiger partial charge on any atom is -0.371 e. The zero-order valence-electron chi connectivity index (χ0n) is 10.7. The van der Waals surface area contributed by atoms with Crippen molar-refractivity contribution in [1.82, 2.24) is 15.0 Å². The molecule has 0 spiro atoms. The Morgan fingerprint density at radius 2 is 1.82 bits per heavy atom. The molecule has 0 bridgehead atoms. The van der Waals surface area contributed by atoms with Crippen LogP contribution in [0.25, 0.3) is 0 Å². The van der Waals surface area contributed by atoms with Crippen LogP contribution in [0.2, 0.25) is 0 Å². The molecule has 1 aliphatic rings. The highest BCUT2D eigenvalue weighted by Gasteiger charge is 2.27. The summed E-state index contributed by atoms with van der Waals surface area (Å²) in [6.45, 7) is 3.86. The molecule has 1 aromatic heterocycles. The molecule has 0 atom stereocenters. The highest BCUT2D eigenvalue weighted by molar-refractivity contribution is 5.20. The van der Waals surface area contributed by atoms with Crippen LogP contribution in [0.1, 0.15) is 57.1 Å². The zero-order valence-corrected chi connectivity index (χ0v) is 10.7. The molecule has 1 heterocycles. The third kappa shape index (κ3) is 2.54. The minimum atomic E-state index is -0.523. The van der Waals surface area contributed by atoms with Gasteiger partial charge in [0, 0.05) is 13.0 Å². The number of nitrogens with two attached hydrogens (primary N) is 1. The maximum Gasteiger partial charge on any atom is 0.223 e. The lowest BCUT2D eigenvalue weighted by atomic mass is 10.1. The minimum absolute atomic E-state index is 0.294. The van der Waals surface area contributed by atoms with Gasteiger partial charge in [0.2, 0.25) is 5.95 Å². The van der Waals surface area contributed by atoms with Gasteiger partial charge in [-0.1, -0.05) is 12.8 Å². The molecule has 0 aliphatic heterocycles. The SMILES string of the molecule is COC(C)(C)c1nc(N)nc(C2CCCC2)n1. The van der Waals surface area contributed by atoms with E-state index in [1.165, 1.54) is 12.8 Å². The fourth-order valence-electron chi connectivity index (χ4n) is 2.14. The van der Waals surface area contributed by atoms with E-state index in [2.05, 4.69) is 15.0 Å². The summed E-state index contributed by atoms with van der Waals surface area (Å²) in [5.41, 5.74) is 5.24. The average molecular weight is 236 g/mol. The van der Waals surface area contributed by atoms with Crippen LogP contribution in [0.15, 0.2) is 0 Å². The summed E-state index contributed by atoms with van der Waals surface area (Å²) in [6, 6.07) is 0. The monoisotopic (exact) mass is 236 g/mol. The Kier molecular flexibility index (Phi) is 3.28. The van der Waals surface area contributed by atoms with Gasteiger partial charge in [0.25, 0.3) is 0 Å². The topological polar surface area (TPSA) is 73.9 Å². The standard InChI is InChI=1S/C12H20N4O/c1-12(2,17-3)10-14-9(15-11(13)16-10)8-6-4-5-7-8/h8H,4-7H2,1-3H3,(H2,13,14,15,16). The summed E-state index contributed by atoms with van der Waals surface area (Å²) in [4.78, 5) is 13.0. The first-order chi connectivity index (χ1) is 8.03. The largest absolute Gasteiger partial charge is 0.371 e. The Labute approximate surface area is 102 Å². The van der Waals surface area contributed by atoms with Gasteiger partial charge in [-0.3, -0.25) is 0 Å². The number of hydrogen-bond acceptors (Lipinski definition) is 5. The quantitative estimate of drug-likeness (QED) is 0.868. The first kappa shape index (κ1) is 12.2. The van der Waals surface area contributed by atoms with Gasteiger partial charge in [-0.05, 0) is 26.7 Å². The fourth-order valence-corrected chi connectivity index (χ4v) is 2.14. The molecule has 1 fully saturated rings. The number of hydrogen-bond donors (Lipinski definition) is 1.